The molecule has 0 unspecified atom stereocenters. The predicted octanol–water partition coefficient (Wildman–Crippen LogP) is 2.68. The molecule has 0 aliphatic rings. The van der Waals surface area contributed by atoms with E-state index in [0.29, 0.717) is 13.0 Å². The van der Waals surface area contributed by atoms with E-state index in [9.17, 15) is 4.79 Å². The zero-order valence-electron chi connectivity index (χ0n) is 9.95. The van der Waals surface area contributed by atoms with Crippen LogP contribution in [0, 0.1) is 0 Å². The number of aromatic nitrogens is 1. The molecule has 0 fully saturated rings. The average molecular weight is 307 g/mol. The van der Waals surface area contributed by atoms with Crippen molar-refractivity contribution in [2.24, 2.45) is 0 Å². The lowest BCUT2D eigenvalue weighted by molar-refractivity contribution is -0.120. The van der Waals surface area contributed by atoms with E-state index in [0.717, 1.165) is 22.2 Å². The summed E-state index contributed by atoms with van der Waals surface area (Å²) in [7, 11) is 0. The van der Waals surface area contributed by atoms with Crippen molar-refractivity contribution in [1.82, 2.24) is 10.3 Å². The second kappa shape index (κ2) is 6.40. The van der Waals surface area contributed by atoms with Gasteiger partial charge in [-0.3, -0.25) is 4.79 Å². The van der Waals surface area contributed by atoms with Crippen molar-refractivity contribution in [3.63, 3.8) is 0 Å². The molecule has 2 rings (SSSR count). The zero-order valence-corrected chi connectivity index (χ0v) is 11.5. The highest BCUT2D eigenvalue weighted by molar-refractivity contribution is 9.10. The lowest BCUT2D eigenvalue weighted by atomic mass is 10.1. The van der Waals surface area contributed by atoms with E-state index >= 15 is 0 Å². The Morgan fingerprint density at radius 3 is 2.67 bits per heavy atom. The van der Waals surface area contributed by atoms with Crippen LogP contribution in [0.4, 0.5) is 0 Å². The molecule has 4 heteroatoms. The minimum atomic E-state index is 0.0591. The van der Waals surface area contributed by atoms with Gasteiger partial charge in [-0.2, -0.15) is 0 Å². The van der Waals surface area contributed by atoms with Gasteiger partial charge in [0.15, 0.2) is 0 Å². The molecule has 0 aliphatic heterocycles. The van der Waals surface area contributed by atoms with Gasteiger partial charge < -0.3 is 10.3 Å². The number of benzene rings is 1. The maximum Gasteiger partial charge on any atom is 0.224 e. The maximum atomic E-state index is 11.7. The predicted molar refractivity (Wildman–Crippen MR) is 75.4 cm³/mol. The van der Waals surface area contributed by atoms with Gasteiger partial charge in [-0.25, -0.2) is 0 Å². The van der Waals surface area contributed by atoms with Crippen LogP contribution in [-0.4, -0.2) is 17.4 Å². The van der Waals surface area contributed by atoms with Gasteiger partial charge in [0.25, 0.3) is 0 Å². The van der Waals surface area contributed by atoms with E-state index in [1.54, 1.807) is 0 Å². The first kappa shape index (κ1) is 12.9. The van der Waals surface area contributed by atoms with Gasteiger partial charge in [-0.15, -0.1) is 0 Å². The van der Waals surface area contributed by atoms with Crippen LogP contribution >= 0.6 is 15.9 Å². The molecule has 0 aliphatic carbocycles. The first-order chi connectivity index (χ1) is 8.74. The number of rotatable bonds is 5. The Balaban J connectivity index is 1.73. The van der Waals surface area contributed by atoms with Gasteiger partial charge in [0.2, 0.25) is 5.91 Å². The Morgan fingerprint density at radius 1 is 1.22 bits per heavy atom. The molecular formula is C14H15BrN2O. The van der Waals surface area contributed by atoms with E-state index in [4.69, 9.17) is 0 Å². The van der Waals surface area contributed by atoms with Crippen molar-refractivity contribution >= 4 is 21.8 Å². The first-order valence-electron chi connectivity index (χ1n) is 5.87. The summed E-state index contributed by atoms with van der Waals surface area (Å²) in [5.74, 6) is 0.0591. The molecule has 0 atom stereocenters. The fourth-order valence-electron chi connectivity index (χ4n) is 1.71. The van der Waals surface area contributed by atoms with Gasteiger partial charge >= 0.3 is 0 Å². The number of H-pyrrole nitrogens is 1. The fourth-order valence-corrected chi connectivity index (χ4v) is 1.97. The lowest BCUT2D eigenvalue weighted by Gasteiger charge is -2.04. The van der Waals surface area contributed by atoms with Crippen molar-refractivity contribution < 1.29 is 4.79 Å². The quantitative estimate of drug-likeness (QED) is 0.876. The van der Waals surface area contributed by atoms with E-state index in [1.165, 1.54) is 0 Å². The van der Waals surface area contributed by atoms with Crippen LogP contribution in [0.15, 0.2) is 47.1 Å². The number of hydrogen-bond donors (Lipinski definition) is 2. The third-order valence-electron chi connectivity index (χ3n) is 2.66. The van der Waals surface area contributed by atoms with Gasteiger partial charge in [0, 0.05) is 29.3 Å². The fraction of sp³-hybridized carbons (Fsp3) is 0.214. The number of carbonyl (C=O) groups excluding carboxylic acids is 1. The molecule has 0 saturated carbocycles. The SMILES string of the molecule is O=C(Cc1ccc(Br)cc1)NCCc1ccc[nH]1. The molecule has 1 heterocycles. The molecule has 0 saturated heterocycles. The van der Waals surface area contributed by atoms with Gasteiger partial charge in [-0.05, 0) is 29.8 Å². The Bertz CT molecular complexity index is 491. The molecule has 1 aromatic carbocycles. The maximum absolute atomic E-state index is 11.7. The smallest absolute Gasteiger partial charge is 0.224 e. The normalized spacial score (nSPS) is 10.3. The highest BCUT2D eigenvalue weighted by Gasteiger charge is 2.03. The van der Waals surface area contributed by atoms with Crippen LogP contribution in [0.1, 0.15) is 11.3 Å². The number of halogens is 1. The minimum absolute atomic E-state index is 0.0591. The Kier molecular flexibility index (Phi) is 4.59. The highest BCUT2D eigenvalue weighted by Crippen LogP contribution is 2.10. The molecule has 0 radical (unpaired) electrons. The molecule has 1 aromatic heterocycles. The molecule has 18 heavy (non-hydrogen) atoms. The van der Waals surface area contributed by atoms with Crippen molar-refractivity contribution in [2.45, 2.75) is 12.8 Å². The summed E-state index contributed by atoms with van der Waals surface area (Å²) in [6.45, 7) is 0.663. The topological polar surface area (TPSA) is 44.9 Å². The largest absolute Gasteiger partial charge is 0.365 e. The van der Waals surface area contributed by atoms with Crippen LogP contribution in [0.3, 0.4) is 0 Å². The molecule has 0 bridgehead atoms. The van der Waals surface area contributed by atoms with E-state index in [-0.39, 0.29) is 5.91 Å². The second-order valence-corrected chi connectivity index (χ2v) is 5.01. The van der Waals surface area contributed by atoms with Crippen molar-refractivity contribution in [1.29, 1.82) is 0 Å². The summed E-state index contributed by atoms with van der Waals surface area (Å²) in [4.78, 5) is 14.8. The summed E-state index contributed by atoms with van der Waals surface area (Å²) in [5.41, 5.74) is 2.16. The van der Waals surface area contributed by atoms with Gasteiger partial charge in [0.05, 0.1) is 6.42 Å². The third-order valence-corrected chi connectivity index (χ3v) is 3.19. The average Bonchev–Trinajstić information content (AvgIpc) is 2.85. The van der Waals surface area contributed by atoms with Crippen LogP contribution in [0.5, 0.6) is 0 Å². The van der Waals surface area contributed by atoms with Crippen molar-refractivity contribution in [3.8, 4) is 0 Å². The van der Waals surface area contributed by atoms with Gasteiger partial charge in [0.1, 0.15) is 0 Å². The Morgan fingerprint density at radius 2 is 2.00 bits per heavy atom. The highest BCUT2D eigenvalue weighted by atomic mass is 79.9. The Hall–Kier alpha value is -1.55. The summed E-state index contributed by atoms with van der Waals surface area (Å²) < 4.78 is 1.03. The summed E-state index contributed by atoms with van der Waals surface area (Å²) in [6, 6.07) is 11.8. The van der Waals surface area contributed by atoms with E-state index in [2.05, 4.69) is 26.2 Å². The lowest BCUT2D eigenvalue weighted by Crippen LogP contribution is -2.27. The standard InChI is InChI=1S/C14H15BrN2O/c15-12-5-3-11(4-6-12)10-14(18)17-9-7-13-2-1-8-16-13/h1-6,8,16H,7,9-10H2,(H,17,18). The second-order valence-electron chi connectivity index (χ2n) is 4.10. The summed E-state index contributed by atoms with van der Waals surface area (Å²) in [5, 5.41) is 2.91. The minimum Gasteiger partial charge on any atom is -0.365 e. The number of nitrogens with one attached hydrogen (secondary N) is 2. The number of aromatic amines is 1. The summed E-state index contributed by atoms with van der Waals surface area (Å²) in [6.07, 6.45) is 3.15. The molecule has 0 spiro atoms. The molecule has 94 valence electrons. The van der Waals surface area contributed by atoms with Crippen molar-refractivity contribution in [3.05, 3.63) is 58.3 Å². The number of carbonyl (C=O) groups is 1. The number of amides is 1. The summed E-state index contributed by atoms with van der Waals surface area (Å²) >= 11 is 3.37. The molecular weight excluding hydrogens is 292 g/mol. The first-order valence-corrected chi connectivity index (χ1v) is 6.67. The van der Waals surface area contributed by atoms with E-state index in [1.807, 2.05) is 42.6 Å². The van der Waals surface area contributed by atoms with Gasteiger partial charge in [-0.1, -0.05) is 28.1 Å². The van der Waals surface area contributed by atoms with Crippen LogP contribution in [0.2, 0.25) is 0 Å². The van der Waals surface area contributed by atoms with Crippen LogP contribution < -0.4 is 5.32 Å². The molecule has 2 aromatic rings. The Labute approximate surface area is 115 Å². The number of hydrogen-bond acceptors (Lipinski definition) is 1. The van der Waals surface area contributed by atoms with Crippen molar-refractivity contribution in [2.75, 3.05) is 6.54 Å². The van der Waals surface area contributed by atoms with Crippen LogP contribution in [-0.2, 0) is 17.6 Å². The monoisotopic (exact) mass is 306 g/mol. The van der Waals surface area contributed by atoms with E-state index < -0.39 is 0 Å². The third kappa shape index (κ3) is 4.04. The molecule has 2 N–H and O–H groups in total. The van der Waals surface area contributed by atoms with Crippen LogP contribution in [0.25, 0.3) is 0 Å². The molecule has 1 amide bonds. The molecule has 3 nitrogen and oxygen atoms in total. The zero-order chi connectivity index (χ0) is 12.8.